The number of benzene rings is 1. The number of rotatable bonds is 5. The predicted molar refractivity (Wildman–Crippen MR) is 80.2 cm³/mol. The summed E-state index contributed by atoms with van der Waals surface area (Å²) < 4.78 is 18.6. The van der Waals surface area contributed by atoms with Crippen molar-refractivity contribution in [3.63, 3.8) is 0 Å². The maximum atomic E-state index is 13.1. The summed E-state index contributed by atoms with van der Waals surface area (Å²) in [5, 5.41) is 3.17. The van der Waals surface area contributed by atoms with Crippen molar-refractivity contribution in [3.05, 3.63) is 63.6 Å². The standard InChI is InChI=1S/C15H14BrFN2O2/c1-21-15(20)10-2-4-13(19-8-10)9-18-7-11-6-12(17)3-5-14(11)16/h2-6,8,18H,7,9H2,1H3. The number of carbonyl (C=O) groups is 1. The van der Waals surface area contributed by atoms with Crippen molar-refractivity contribution < 1.29 is 13.9 Å². The Morgan fingerprint density at radius 1 is 1.33 bits per heavy atom. The van der Waals surface area contributed by atoms with Crippen molar-refractivity contribution in [1.29, 1.82) is 0 Å². The first kappa shape index (κ1) is 15.6. The van der Waals surface area contributed by atoms with E-state index in [1.807, 2.05) is 0 Å². The number of hydrogen-bond donors (Lipinski definition) is 1. The highest BCUT2D eigenvalue weighted by Crippen LogP contribution is 2.17. The number of ether oxygens (including phenoxy) is 1. The lowest BCUT2D eigenvalue weighted by Gasteiger charge is -2.07. The van der Waals surface area contributed by atoms with Crippen molar-refractivity contribution >= 4 is 21.9 Å². The lowest BCUT2D eigenvalue weighted by atomic mass is 10.2. The van der Waals surface area contributed by atoms with Gasteiger partial charge >= 0.3 is 5.97 Å². The van der Waals surface area contributed by atoms with Gasteiger partial charge < -0.3 is 10.1 Å². The van der Waals surface area contributed by atoms with Crippen LogP contribution in [0.2, 0.25) is 0 Å². The quantitative estimate of drug-likeness (QED) is 0.840. The summed E-state index contributed by atoms with van der Waals surface area (Å²) in [7, 11) is 1.33. The van der Waals surface area contributed by atoms with Crippen LogP contribution in [0.3, 0.4) is 0 Å². The number of carbonyl (C=O) groups excluding carboxylic acids is 1. The highest BCUT2D eigenvalue weighted by Gasteiger charge is 2.06. The predicted octanol–water partition coefficient (Wildman–Crippen LogP) is 3.06. The van der Waals surface area contributed by atoms with Gasteiger partial charge in [-0.3, -0.25) is 4.98 Å². The molecule has 1 heterocycles. The van der Waals surface area contributed by atoms with Crippen molar-refractivity contribution in [2.75, 3.05) is 7.11 Å². The number of aromatic nitrogens is 1. The van der Waals surface area contributed by atoms with Gasteiger partial charge in [0.2, 0.25) is 0 Å². The highest BCUT2D eigenvalue weighted by atomic mass is 79.9. The van der Waals surface area contributed by atoms with E-state index in [9.17, 15) is 9.18 Å². The fraction of sp³-hybridized carbons (Fsp3) is 0.200. The fourth-order valence-corrected chi connectivity index (χ4v) is 2.16. The maximum Gasteiger partial charge on any atom is 0.339 e. The molecule has 0 spiro atoms. The molecule has 0 fully saturated rings. The Hall–Kier alpha value is -1.79. The summed E-state index contributed by atoms with van der Waals surface area (Å²) in [5.41, 5.74) is 2.03. The van der Waals surface area contributed by atoms with Gasteiger partial charge in [-0.05, 0) is 35.9 Å². The third kappa shape index (κ3) is 4.34. The molecule has 0 bridgehead atoms. The van der Waals surface area contributed by atoms with Crippen LogP contribution in [0.5, 0.6) is 0 Å². The fourth-order valence-electron chi connectivity index (χ4n) is 1.77. The van der Waals surface area contributed by atoms with Crippen LogP contribution in [0.15, 0.2) is 41.0 Å². The minimum absolute atomic E-state index is 0.268. The van der Waals surface area contributed by atoms with Gasteiger partial charge in [-0.25, -0.2) is 9.18 Å². The molecular formula is C15H14BrFN2O2. The lowest BCUT2D eigenvalue weighted by molar-refractivity contribution is 0.0600. The van der Waals surface area contributed by atoms with E-state index in [0.29, 0.717) is 18.7 Å². The summed E-state index contributed by atoms with van der Waals surface area (Å²) in [6.07, 6.45) is 1.47. The second-order valence-electron chi connectivity index (χ2n) is 4.37. The molecule has 0 saturated heterocycles. The van der Waals surface area contributed by atoms with E-state index in [-0.39, 0.29) is 5.82 Å². The zero-order valence-corrected chi connectivity index (χ0v) is 13.0. The number of nitrogens with zero attached hydrogens (tertiary/aromatic N) is 1. The van der Waals surface area contributed by atoms with Crippen LogP contribution in [0, 0.1) is 5.82 Å². The van der Waals surface area contributed by atoms with Crippen molar-refractivity contribution in [3.8, 4) is 0 Å². The smallest absolute Gasteiger partial charge is 0.339 e. The van der Waals surface area contributed by atoms with Gasteiger partial charge in [0.15, 0.2) is 0 Å². The van der Waals surface area contributed by atoms with Gasteiger partial charge in [0, 0.05) is 23.8 Å². The molecule has 2 aromatic rings. The number of methoxy groups -OCH3 is 1. The number of nitrogens with one attached hydrogen (secondary N) is 1. The summed E-state index contributed by atoms with van der Waals surface area (Å²) in [5.74, 6) is -0.679. The van der Waals surface area contributed by atoms with E-state index in [1.165, 1.54) is 25.4 Å². The van der Waals surface area contributed by atoms with E-state index < -0.39 is 5.97 Å². The minimum atomic E-state index is -0.411. The van der Waals surface area contributed by atoms with Gasteiger partial charge in [-0.1, -0.05) is 15.9 Å². The average molecular weight is 353 g/mol. The third-order valence-electron chi connectivity index (χ3n) is 2.88. The summed E-state index contributed by atoms with van der Waals surface area (Å²) >= 11 is 3.38. The number of hydrogen-bond acceptors (Lipinski definition) is 4. The second-order valence-corrected chi connectivity index (χ2v) is 5.22. The Morgan fingerprint density at radius 3 is 2.81 bits per heavy atom. The molecule has 2 rings (SSSR count). The summed E-state index contributed by atoms with van der Waals surface area (Å²) in [6.45, 7) is 1.03. The van der Waals surface area contributed by atoms with Gasteiger partial charge in [-0.15, -0.1) is 0 Å². The molecule has 110 valence electrons. The molecule has 21 heavy (non-hydrogen) atoms. The first-order valence-electron chi connectivity index (χ1n) is 6.28. The zero-order chi connectivity index (χ0) is 15.2. The van der Waals surface area contributed by atoms with Crippen molar-refractivity contribution in [2.24, 2.45) is 0 Å². The van der Waals surface area contributed by atoms with Crippen molar-refractivity contribution in [2.45, 2.75) is 13.1 Å². The van der Waals surface area contributed by atoms with E-state index in [0.717, 1.165) is 15.7 Å². The molecule has 4 nitrogen and oxygen atoms in total. The SMILES string of the molecule is COC(=O)c1ccc(CNCc2cc(F)ccc2Br)nc1. The van der Waals surface area contributed by atoms with E-state index in [2.05, 4.69) is 31.0 Å². The molecular weight excluding hydrogens is 339 g/mol. The maximum absolute atomic E-state index is 13.1. The van der Waals surface area contributed by atoms with Crippen LogP contribution in [0.4, 0.5) is 4.39 Å². The molecule has 6 heteroatoms. The number of pyridine rings is 1. The Kier molecular flexibility index (Phi) is 5.41. The Morgan fingerprint density at radius 2 is 2.14 bits per heavy atom. The van der Waals surface area contributed by atoms with E-state index in [1.54, 1.807) is 18.2 Å². The lowest BCUT2D eigenvalue weighted by Crippen LogP contribution is -2.14. The van der Waals surface area contributed by atoms with Gasteiger partial charge in [0.25, 0.3) is 0 Å². The normalized spacial score (nSPS) is 10.4. The summed E-state index contributed by atoms with van der Waals surface area (Å²) in [4.78, 5) is 15.4. The molecule has 0 unspecified atom stereocenters. The van der Waals surface area contributed by atoms with Crippen LogP contribution in [-0.4, -0.2) is 18.1 Å². The third-order valence-corrected chi connectivity index (χ3v) is 3.65. The molecule has 0 amide bonds. The zero-order valence-electron chi connectivity index (χ0n) is 11.4. The molecule has 0 aliphatic heterocycles. The van der Waals surface area contributed by atoms with Crippen LogP contribution >= 0.6 is 15.9 Å². The van der Waals surface area contributed by atoms with Gasteiger partial charge in [0.1, 0.15) is 5.82 Å². The number of esters is 1. The molecule has 0 aliphatic rings. The largest absolute Gasteiger partial charge is 0.465 e. The topological polar surface area (TPSA) is 51.2 Å². The molecule has 0 atom stereocenters. The monoisotopic (exact) mass is 352 g/mol. The van der Waals surface area contributed by atoms with Gasteiger partial charge in [-0.2, -0.15) is 0 Å². The van der Waals surface area contributed by atoms with Crippen LogP contribution < -0.4 is 5.32 Å². The first-order chi connectivity index (χ1) is 10.1. The van der Waals surface area contributed by atoms with Crippen LogP contribution in [0.1, 0.15) is 21.6 Å². The molecule has 0 radical (unpaired) electrons. The van der Waals surface area contributed by atoms with Gasteiger partial charge in [0.05, 0.1) is 18.4 Å². The van der Waals surface area contributed by atoms with E-state index in [4.69, 9.17) is 0 Å². The Balaban J connectivity index is 1.91. The molecule has 1 N–H and O–H groups in total. The van der Waals surface area contributed by atoms with E-state index >= 15 is 0 Å². The Labute approximate surface area is 130 Å². The average Bonchev–Trinajstić information content (AvgIpc) is 2.50. The first-order valence-corrected chi connectivity index (χ1v) is 7.07. The molecule has 0 aliphatic carbocycles. The summed E-state index contributed by atoms with van der Waals surface area (Å²) in [6, 6.07) is 7.97. The molecule has 1 aromatic heterocycles. The Bertz CT molecular complexity index is 632. The minimum Gasteiger partial charge on any atom is -0.465 e. The second kappa shape index (κ2) is 7.28. The van der Waals surface area contributed by atoms with Crippen LogP contribution in [-0.2, 0) is 17.8 Å². The molecule has 0 saturated carbocycles. The highest BCUT2D eigenvalue weighted by molar-refractivity contribution is 9.10. The van der Waals surface area contributed by atoms with Crippen molar-refractivity contribution in [1.82, 2.24) is 10.3 Å². The van der Waals surface area contributed by atoms with Crippen LogP contribution in [0.25, 0.3) is 0 Å². The number of halogens is 2. The molecule has 1 aromatic carbocycles.